The van der Waals surface area contributed by atoms with Crippen molar-refractivity contribution in [3.63, 3.8) is 0 Å². The lowest BCUT2D eigenvalue weighted by Gasteiger charge is -2.27. The molecule has 0 radical (unpaired) electrons. The molecule has 0 unspecified atom stereocenters. The molecule has 1 aliphatic heterocycles. The summed E-state index contributed by atoms with van der Waals surface area (Å²) >= 11 is 0. The van der Waals surface area contributed by atoms with Crippen LogP contribution in [0, 0.1) is 6.92 Å². The number of rotatable bonds is 7. The van der Waals surface area contributed by atoms with Crippen molar-refractivity contribution in [1.82, 2.24) is 9.21 Å². The van der Waals surface area contributed by atoms with Gasteiger partial charge in [-0.3, -0.25) is 4.79 Å². The topological polar surface area (TPSA) is 66.9 Å². The first-order valence-electron chi connectivity index (χ1n) is 11.0. The van der Waals surface area contributed by atoms with Gasteiger partial charge in [-0.15, -0.1) is 0 Å². The van der Waals surface area contributed by atoms with Gasteiger partial charge in [-0.1, -0.05) is 66.7 Å². The van der Waals surface area contributed by atoms with Gasteiger partial charge in [-0.05, 0) is 35.7 Å². The average molecular weight is 465 g/mol. The molecule has 0 atom stereocenters. The zero-order valence-electron chi connectivity index (χ0n) is 18.7. The van der Waals surface area contributed by atoms with Gasteiger partial charge in [0.15, 0.2) is 0 Å². The van der Waals surface area contributed by atoms with Crippen molar-refractivity contribution in [3.05, 3.63) is 101 Å². The zero-order chi connectivity index (χ0) is 23.3. The number of morpholine rings is 1. The van der Waals surface area contributed by atoms with Crippen LogP contribution in [0.3, 0.4) is 0 Å². The van der Waals surface area contributed by atoms with E-state index in [-0.39, 0.29) is 10.8 Å². The van der Waals surface area contributed by atoms with E-state index in [9.17, 15) is 13.2 Å². The summed E-state index contributed by atoms with van der Waals surface area (Å²) in [5.74, 6) is -0.207. The van der Waals surface area contributed by atoms with E-state index in [1.807, 2.05) is 60.7 Å². The molecular weight excluding hydrogens is 436 g/mol. The molecule has 0 bridgehead atoms. The minimum atomic E-state index is -3.71. The standard InChI is InChI=1S/C26H28N2O4S/c1-21-12-13-24(18-25(21)33(30,31)28-14-16-32-17-15-28)26(29)27(19-22-8-4-2-5-9-22)20-23-10-6-3-7-11-23/h2-13,18H,14-17,19-20H2,1H3. The Morgan fingerprint density at radius 1 is 0.879 bits per heavy atom. The van der Waals surface area contributed by atoms with Crippen LogP contribution >= 0.6 is 0 Å². The second kappa shape index (κ2) is 10.3. The van der Waals surface area contributed by atoms with Gasteiger partial charge in [0.2, 0.25) is 10.0 Å². The van der Waals surface area contributed by atoms with Gasteiger partial charge in [-0.25, -0.2) is 8.42 Å². The van der Waals surface area contributed by atoms with Gasteiger partial charge in [-0.2, -0.15) is 4.31 Å². The molecule has 1 amide bonds. The summed E-state index contributed by atoms with van der Waals surface area (Å²) < 4.78 is 33.3. The summed E-state index contributed by atoms with van der Waals surface area (Å²) in [4.78, 5) is 15.5. The predicted molar refractivity (Wildman–Crippen MR) is 127 cm³/mol. The van der Waals surface area contributed by atoms with Crippen LogP contribution in [0.4, 0.5) is 0 Å². The van der Waals surface area contributed by atoms with Crippen LogP contribution in [0.1, 0.15) is 27.0 Å². The van der Waals surface area contributed by atoms with Crippen molar-refractivity contribution >= 4 is 15.9 Å². The maximum absolute atomic E-state index is 13.6. The van der Waals surface area contributed by atoms with Gasteiger partial charge < -0.3 is 9.64 Å². The van der Waals surface area contributed by atoms with E-state index >= 15 is 0 Å². The summed E-state index contributed by atoms with van der Waals surface area (Å²) in [5, 5.41) is 0. The minimum absolute atomic E-state index is 0.176. The lowest BCUT2D eigenvalue weighted by Crippen LogP contribution is -2.41. The number of amides is 1. The van der Waals surface area contributed by atoms with Crippen LogP contribution in [-0.2, 0) is 27.8 Å². The molecule has 4 rings (SSSR count). The molecular formula is C26H28N2O4S. The van der Waals surface area contributed by atoms with Crippen LogP contribution in [0.25, 0.3) is 0 Å². The summed E-state index contributed by atoms with van der Waals surface area (Å²) in [5.41, 5.74) is 3.00. The molecule has 172 valence electrons. The monoisotopic (exact) mass is 464 g/mol. The number of aryl methyl sites for hydroxylation is 1. The number of carbonyl (C=O) groups is 1. The highest BCUT2D eigenvalue weighted by Crippen LogP contribution is 2.24. The molecule has 1 heterocycles. The Hall–Kier alpha value is -3.00. The molecule has 1 fully saturated rings. The number of nitrogens with zero attached hydrogens (tertiary/aromatic N) is 2. The molecule has 1 aliphatic rings. The first-order valence-corrected chi connectivity index (χ1v) is 12.4. The van der Waals surface area contributed by atoms with Crippen LogP contribution in [0.2, 0.25) is 0 Å². The highest BCUT2D eigenvalue weighted by molar-refractivity contribution is 7.89. The second-order valence-electron chi connectivity index (χ2n) is 8.13. The van der Waals surface area contributed by atoms with Crippen LogP contribution in [0.5, 0.6) is 0 Å². The van der Waals surface area contributed by atoms with E-state index in [4.69, 9.17) is 4.74 Å². The minimum Gasteiger partial charge on any atom is -0.379 e. The molecule has 6 nitrogen and oxygen atoms in total. The van der Waals surface area contributed by atoms with Crippen molar-refractivity contribution in [2.75, 3.05) is 26.3 Å². The van der Waals surface area contributed by atoms with Gasteiger partial charge >= 0.3 is 0 Å². The fraction of sp³-hybridized carbons (Fsp3) is 0.269. The number of benzene rings is 3. The van der Waals surface area contributed by atoms with Crippen molar-refractivity contribution in [2.45, 2.75) is 24.9 Å². The van der Waals surface area contributed by atoms with E-state index < -0.39 is 10.0 Å². The maximum Gasteiger partial charge on any atom is 0.254 e. The van der Waals surface area contributed by atoms with E-state index in [1.54, 1.807) is 24.0 Å². The van der Waals surface area contributed by atoms with Crippen molar-refractivity contribution in [1.29, 1.82) is 0 Å². The third kappa shape index (κ3) is 5.50. The molecule has 3 aromatic rings. The SMILES string of the molecule is Cc1ccc(C(=O)N(Cc2ccccc2)Cc2ccccc2)cc1S(=O)(=O)N1CCOCC1. The Morgan fingerprint density at radius 3 is 1.97 bits per heavy atom. The molecule has 0 N–H and O–H groups in total. The Kier molecular flexibility index (Phi) is 7.23. The summed E-state index contributed by atoms with van der Waals surface area (Å²) in [6, 6.07) is 24.5. The van der Waals surface area contributed by atoms with Gasteiger partial charge in [0.25, 0.3) is 5.91 Å². The van der Waals surface area contributed by atoms with Crippen LogP contribution < -0.4 is 0 Å². The third-order valence-corrected chi connectivity index (χ3v) is 7.78. The molecule has 0 aromatic heterocycles. The number of hydrogen-bond acceptors (Lipinski definition) is 4. The van der Waals surface area contributed by atoms with Gasteiger partial charge in [0, 0.05) is 31.7 Å². The van der Waals surface area contributed by atoms with Crippen molar-refractivity contribution in [2.24, 2.45) is 0 Å². The molecule has 33 heavy (non-hydrogen) atoms. The van der Waals surface area contributed by atoms with Crippen molar-refractivity contribution < 1.29 is 17.9 Å². The van der Waals surface area contributed by atoms with Crippen LogP contribution in [-0.4, -0.2) is 49.8 Å². The Labute approximate surface area is 195 Å². The fourth-order valence-corrected chi connectivity index (χ4v) is 5.59. The first-order chi connectivity index (χ1) is 15.9. The maximum atomic E-state index is 13.6. The highest BCUT2D eigenvalue weighted by Gasteiger charge is 2.29. The number of hydrogen-bond donors (Lipinski definition) is 0. The largest absolute Gasteiger partial charge is 0.379 e. The normalized spacial score (nSPS) is 14.7. The Bertz CT molecular complexity index is 1150. The average Bonchev–Trinajstić information content (AvgIpc) is 2.85. The molecule has 0 aliphatic carbocycles. The number of ether oxygens (including phenoxy) is 1. The fourth-order valence-electron chi connectivity index (χ4n) is 3.93. The summed E-state index contributed by atoms with van der Waals surface area (Å²) in [6.07, 6.45) is 0. The molecule has 7 heteroatoms. The predicted octanol–water partition coefficient (Wildman–Crippen LogP) is 3.86. The van der Waals surface area contributed by atoms with E-state index in [1.165, 1.54) is 10.4 Å². The molecule has 1 saturated heterocycles. The highest BCUT2D eigenvalue weighted by atomic mass is 32.2. The van der Waals surface area contributed by atoms with E-state index in [2.05, 4.69) is 0 Å². The second-order valence-corrected chi connectivity index (χ2v) is 10.0. The number of carbonyl (C=O) groups excluding carboxylic acids is 1. The summed E-state index contributed by atoms with van der Waals surface area (Å²) in [6.45, 7) is 3.98. The smallest absolute Gasteiger partial charge is 0.254 e. The molecule has 3 aromatic carbocycles. The molecule has 0 spiro atoms. The lowest BCUT2D eigenvalue weighted by molar-refractivity contribution is 0.0725. The van der Waals surface area contributed by atoms with Gasteiger partial charge in [0.1, 0.15) is 0 Å². The Morgan fingerprint density at radius 2 is 1.42 bits per heavy atom. The van der Waals surface area contributed by atoms with E-state index in [0.717, 1.165) is 11.1 Å². The number of sulfonamides is 1. The van der Waals surface area contributed by atoms with Gasteiger partial charge in [0.05, 0.1) is 18.1 Å². The first kappa shape index (κ1) is 23.2. The molecule has 0 saturated carbocycles. The zero-order valence-corrected chi connectivity index (χ0v) is 19.5. The lowest BCUT2D eigenvalue weighted by atomic mass is 10.1. The van der Waals surface area contributed by atoms with E-state index in [0.29, 0.717) is 50.5 Å². The van der Waals surface area contributed by atoms with Crippen LogP contribution in [0.15, 0.2) is 83.8 Å². The third-order valence-electron chi connectivity index (χ3n) is 5.74. The summed E-state index contributed by atoms with van der Waals surface area (Å²) in [7, 11) is -3.71. The van der Waals surface area contributed by atoms with Crippen molar-refractivity contribution in [3.8, 4) is 0 Å². The Balaban J connectivity index is 1.66. The quantitative estimate of drug-likeness (QED) is 0.533.